The number of hydrogen-bond acceptors (Lipinski definition) is 3. The van der Waals surface area contributed by atoms with Gasteiger partial charge in [-0.05, 0) is 36.1 Å². The van der Waals surface area contributed by atoms with Crippen LogP contribution in [0.4, 0.5) is 0 Å². The van der Waals surface area contributed by atoms with Crippen LogP contribution in [0.2, 0.25) is 0 Å². The first kappa shape index (κ1) is 9.99. The Hall–Kier alpha value is -1.09. The maximum absolute atomic E-state index is 10.4. The van der Waals surface area contributed by atoms with Gasteiger partial charge in [-0.15, -0.1) is 11.3 Å². The van der Waals surface area contributed by atoms with Crippen LogP contribution in [0.15, 0.2) is 17.5 Å². The largest absolute Gasteiger partial charge is 0.462 e. The van der Waals surface area contributed by atoms with Crippen molar-refractivity contribution in [3.05, 3.63) is 28.0 Å². The fourth-order valence-electron chi connectivity index (χ4n) is 0.876. The quantitative estimate of drug-likeness (QED) is 0.695. The number of ether oxygens (including phenoxy) is 1. The van der Waals surface area contributed by atoms with Gasteiger partial charge in [0.2, 0.25) is 0 Å². The summed E-state index contributed by atoms with van der Waals surface area (Å²) in [5.74, 6) is -0.243. The molecule has 70 valence electrons. The summed E-state index contributed by atoms with van der Waals surface area (Å²) < 4.78 is 4.76. The van der Waals surface area contributed by atoms with Crippen molar-refractivity contribution >= 4 is 23.4 Å². The Bertz CT molecular complexity index is 312. The number of carbonyl (C=O) groups excluding carboxylic acids is 1. The molecule has 0 saturated heterocycles. The Balaban J connectivity index is 2.41. The predicted octanol–water partition coefficient (Wildman–Crippen LogP) is 2.63. The van der Waals surface area contributed by atoms with Gasteiger partial charge in [0.25, 0.3) is 0 Å². The number of rotatable bonds is 3. The van der Waals surface area contributed by atoms with Gasteiger partial charge in [-0.3, -0.25) is 4.79 Å². The predicted molar refractivity (Wildman–Crippen MR) is 54.7 cm³/mol. The normalized spacial score (nSPS) is 10.6. The van der Waals surface area contributed by atoms with Crippen LogP contribution >= 0.6 is 11.3 Å². The van der Waals surface area contributed by atoms with E-state index in [1.807, 2.05) is 17.5 Å². The molecule has 0 bridgehead atoms. The molecule has 3 heteroatoms. The van der Waals surface area contributed by atoms with Crippen molar-refractivity contribution in [3.8, 4) is 0 Å². The van der Waals surface area contributed by atoms with Crippen molar-refractivity contribution in [1.82, 2.24) is 0 Å². The number of thiophene rings is 1. The highest BCUT2D eigenvalue weighted by atomic mass is 32.1. The van der Waals surface area contributed by atoms with Gasteiger partial charge in [0.05, 0.1) is 0 Å². The third kappa shape index (κ3) is 3.42. The van der Waals surface area contributed by atoms with Gasteiger partial charge >= 0.3 is 5.97 Å². The minimum absolute atomic E-state index is 0.243. The van der Waals surface area contributed by atoms with Crippen molar-refractivity contribution in [2.75, 3.05) is 6.61 Å². The zero-order valence-electron chi connectivity index (χ0n) is 7.74. The van der Waals surface area contributed by atoms with Crippen LogP contribution in [0.3, 0.4) is 0 Å². The zero-order chi connectivity index (χ0) is 9.68. The lowest BCUT2D eigenvalue weighted by atomic mass is 10.3. The SMILES string of the molecule is CC(=O)OC/C=C/c1sccc1C. The van der Waals surface area contributed by atoms with E-state index >= 15 is 0 Å². The van der Waals surface area contributed by atoms with Crippen LogP contribution in [0.1, 0.15) is 17.4 Å². The molecule has 1 rings (SSSR count). The average Bonchev–Trinajstić information content (AvgIpc) is 2.45. The molecule has 0 fully saturated rings. The lowest BCUT2D eigenvalue weighted by molar-refractivity contribution is -0.139. The smallest absolute Gasteiger partial charge is 0.302 e. The molecular weight excluding hydrogens is 184 g/mol. The van der Waals surface area contributed by atoms with Gasteiger partial charge in [0.15, 0.2) is 0 Å². The summed E-state index contributed by atoms with van der Waals surface area (Å²) in [5, 5.41) is 2.04. The first-order valence-corrected chi connectivity index (χ1v) is 4.92. The van der Waals surface area contributed by atoms with E-state index in [9.17, 15) is 4.79 Å². The number of carbonyl (C=O) groups is 1. The molecule has 13 heavy (non-hydrogen) atoms. The molecule has 1 aromatic heterocycles. The number of hydrogen-bond donors (Lipinski definition) is 0. The highest BCUT2D eigenvalue weighted by molar-refractivity contribution is 7.11. The van der Waals surface area contributed by atoms with Gasteiger partial charge in [-0.1, -0.05) is 0 Å². The third-order valence-electron chi connectivity index (χ3n) is 1.55. The molecule has 0 aromatic carbocycles. The Labute approximate surface area is 81.8 Å². The van der Waals surface area contributed by atoms with E-state index in [1.54, 1.807) is 11.3 Å². The van der Waals surface area contributed by atoms with Gasteiger partial charge in [-0.25, -0.2) is 0 Å². The van der Waals surface area contributed by atoms with Gasteiger partial charge in [0.1, 0.15) is 6.61 Å². The van der Waals surface area contributed by atoms with Crippen molar-refractivity contribution in [1.29, 1.82) is 0 Å². The summed E-state index contributed by atoms with van der Waals surface area (Å²) in [4.78, 5) is 11.6. The highest BCUT2D eigenvalue weighted by Gasteiger charge is 1.93. The molecular formula is C10H12O2S. The molecule has 1 aromatic rings. The topological polar surface area (TPSA) is 26.3 Å². The Morgan fingerprint density at radius 2 is 2.46 bits per heavy atom. The second-order valence-electron chi connectivity index (χ2n) is 2.67. The van der Waals surface area contributed by atoms with E-state index in [2.05, 4.69) is 13.0 Å². The Morgan fingerprint density at radius 1 is 1.69 bits per heavy atom. The first-order valence-electron chi connectivity index (χ1n) is 4.04. The minimum Gasteiger partial charge on any atom is -0.462 e. The van der Waals surface area contributed by atoms with E-state index in [1.165, 1.54) is 17.4 Å². The second-order valence-corrected chi connectivity index (χ2v) is 3.62. The van der Waals surface area contributed by atoms with Crippen LogP contribution in [0.25, 0.3) is 6.08 Å². The van der Waals surface area contributed by atoms with E-state index in [0.717, 1.165) is 0 Å². The molecule has 0 N–H and O–H groups in total. The lowest BCUT2D eigenvalue weighted by Crippen LogP contribution is -1.97. The summed E-state index contributed by atoms with van der Waals surface area (Å²) in [5.41, 5.74) is 1.25. The molecule has 0 saturated carbocycles. The maximum atomic E-state index is 10.4. The molecule has 0 spiro atoms. The second kappa shape index (κ2) is 4.82. The molecule has 0 radical (unpaired) electrons. The highest BCUT2D eigenvalue weighted by Crippen LogP contribution is 2.16. The molecule has 1 heterocycles. The van der Waals surface area contributed by atoms with Crippen molar-refractivity contribution in [3.63, 3.8) is 0 Å². The maximum Gasteiger partial charge on any atom is 0.302 e. The Kier molecular flexibility index (Phi) is 3.71. The standard InChI is InChI=1S/C10H12O2S/c1-8-5-7-13-10(8)4-3-6-12-9(2)11/h3-5,7H,6H2,1-2H3/b4-3+. The van der Waals surface area contributed by atoms with Crippen LogP contribution in [-0.2, 0) is 9.53 Å². The lowest BCUT2D eigenvalue weighted by Gasteiger charge is -1.94. The van der Waals surface area contributed by atoms with E-state index in [-0.39, 0.29) is 5.97 Å². The first-order chi connectivity index (χ1) is 6.20. The van der Waals surface area contributed by atoms with E-state index < -0.39 is 0 Å². The third-order valence-corrected chi connectivity index (χ3v) is 2.54. The molecule has 2 nitrogen and oxygen atoms in total. The van der Waals surface area contributed by atoms with Gasteiger partial charge in [-0.2, -0.15) is 0 Å². The molecule has 0 aliphatic carbocycles. The van der Waals surface area contributed by atoms with Crippen molar-refractivity contribution < 1.29 is 9.53 Å². The zero-order valence-corrected chi connectivity index (χ0v) is 8.56. The monoisotopic (exact) mass is 196 g/mol. The minimum atomic E-state index is -0.243. The van der Waals surface area contributed by atoms with Gasteiger partial charge in [0, 0.05) is 11.8 Å². The summed E-state index contributed by atoms with van der Waals surface area (Å²) in [6, 6.07) is 2.07. The van der Waals surface area contributed by atoms with Crippen LogP contribution in [0, 0.1) is 6.92 Å². The molecule has 0 amide bonds. The number of aryl methyl sites for hydroxylation is 1. The molecule has 0 aliphatic heterocycles. The number of esters is 1. The summed E-state index contributed by atoms with van der Waals surface area (Å²) >= 11 is 1.68. The van der Waals surface area contributed by atoms with E-state index in [0.29, 0.717) is 6.61 Å². The van der Waals surface area contributed by atoms with Crippen LogP contribution < -0.4 is 0 Å². The van der Waals surface area contributed by atoms with Crippen LogP contribution in [0.5, 0.6) is 0 Å². The average molecular weight is 196 g/mol. The summed E-state index contributed by atoms with van der Waals surface area (Å²) in [6.07, 6.45) is 3.82. The Morgan fingerprint density at radius 3 is 3.00 bits per heavy atom. The van der Waals surface area contributed by atoms with Crippen molar-refractivity contribution in [2.45, 2.75) is 13.8 Å². The fraction of sp³-hybridized carbons (Fsp3) is 0.300. The van der Waals surface area contributed by atoms with E-state index in [4.69, 9.17) is 4.74 Å². The van der Waals surface area contributed by atoms with Gasteiger partial charge < -0.3 is 4.74 Å². The van der Waals surface area contributed by atoms with Crippen LogP contribution in [-0.4, -0.2) is 12.6 Å². The fourth-order valence-corrected chi connectivity index (χ4v) is 1.72. The summed E-state index contributed by atoms with van der Waals surface area (Å²) in [6.45, 7) is 3.82. The molecule has 0 aliphatic rings. The van der Waals surface area contributed by atoms with Crippen molar-refractivity contribution in [2.24, 2.45) is 0 Å². The molecule has 0 unspecified atom stereocenters. The summed E-state index contributed by atoms with van der Waals surface area (Å²) in [7, 11) is 0. The molecule has 0 atom stereocenters.